The Hall–Kier alpha value is -4.53. The molecule has 0 unspecified atom stereocenters. The standard InChI is InChI=1S/C31H31FN4O4/c1-2-39-28-18-21(16-17-27(28)40-20-29(37)34-26-15-9-7-13-24(26)32)19-33-36-30(22-10-4-3-5-11-22)35-25-14-8-6-12-23(25)31(36)38/h6-9,12-19,22H,2-5,10-11,20H2,1H3,(H,34,37). The molecular weight excluding hydrogens is 511 g/mol. The van der Waals surface area contributed by atoms with Crippen LogP contribution in [0.4, 0.5) is 10.1 Å². The number of hydrogen-bond acceptors (Lipinski definition) is 6. The van der Waals surface area contributed by atoms with Crippen LogP contribution in [0.25, 0.3) is 10.9 Å². The van der Waals surface area contributed by atoms with Crippen LogP contribution in [0.1, 0.15) is 56.3 Å². The molecule has 4 aromatic rings. The summed E-state index contributed by atoms with van der Waals surface area (Å²) in [5.41, 5.74) is 1.24. The maximum Gasteiger partial charge on any atom is 0.282 e. The number of benzene rings is 3. The Balaban J connectivity index is 1.38. The number of ether oxygens (including phenoxy) is 2. The second kappa shape index (κ2) is 12.5. The number of nitrogens with zero attached hydrogens (tertiary/aromatic N) is 3. The zero-order chi connectivity index (χ0) is 27.9. The Labute approximate surface area is 231 Å². The molecule has 0 atom stereocenters. The van der Waals surface area contributed by atoms with Gasteiger partial charge in [-0.1, -0.05) is 43.5 Å². The van der Waals surface area contributed by atoms with E-state index in [2.05, 4.69) is 10.4 Å². The number of carbonyl (C=O) groups is 1. The molecule has 0 radical (unpaired) electrons. The molecule has 0 aliphatic heterocycles. The van der Waals surface area contributed by atoms with E-state index in [-0.39, 0.29) is 23.8 Å². The zero-order valence-electron chi connectivity index (χ0n) is 22.3. The molecule has 1 aromatic heterocycles. The summed E-state index contributed by atoms with van der Waals surface area (Å²) in [6.07, 6.45) is 6.96. The predicted molar refractivity (Wildman–Crippen MR) is 153 cm³/mol. The number of para-hydroxylation sites is 2. The number of fused-ring (bicyclic) bond motifs is 1. The van der Waals surface area contributed by atoms with Crippen molar-refractivity contribution in [3.63, 3.8) is 0 Å². The van der Waals surface area contributed by atoms with E-state index in [1.165, 1.54) is 23.2 Å². The molecule has 1 saturated carbocycles. The van der Waals surface area contributed by atoms with Crippen LogP contribution in [0.2, 0.25) is 0 Å². The van der Waals surface area contributed by atoms with Crippen molar-refractivity contribution in [3.8, 4) is 11.5 Å². The molecule has 0 spiro atoms. The monoisotopic (exact) mass is 542 g/mol. The predicted octanol–water partition coefficient (Wildman–Crippen LogP) is 5.88. The third-order valence-electron chi connectivity index (χ3n) is 6.85. The van der Waals surface area contributed by atoms with E-state index in [9.17, 15) is 14.0 Å². The van der Waals surface area contributed by atoms with Gasteiger partial charge in [0.1, 0.15) is 11.6 Å². The van der Waals surface area contributed by atoms with Gasteiger partial charge in [0, 0.05) is 5.92 Å². The van der Waals surface area contributed by atoms with Crippen LogP contribution in [0, 0.1) is 5.82 Å². The Morgan fingerprint density at radius 2 is 1.82 bits per heavy atom. The molecule has 1 aliphatic rings. The molecule has 1 fully saturated rings. The first kappa shape index (κ1) is 27.1. The van der Waals surface area contributed by atoms with E-state index in [0.29, 0.717) is 40.4 Å². The molecule has 5 rings (SSSR count). The number of anilines is 1. The molecule has 0 saturated heterocycles. The van der Waals surface area contributed by atoms with Crippen LogP contribution in [-0.2, 0) is 4.79 Å². The van der Waals surface area contributed by atoms with E-state index < -0.39 is 11.7 Å². The highest BCUT2D eigenvalue weighted by atomic mass is 19.1. The lowest BCUT2D eigenvalue weighted by Crippen LogP contribution is -2.25. The fourth-order valence-corrected chi connectivity index (χ4v) is 4.89. The molecule has 1 amide bonds. The highest BCUT2D eigenvalue weighted by molar-refractivity contribution is 5.92. The third-order valence-corrected chi connectivity index (χ3v) is 6.85. The zero-order valence-corrected chi connectivity index (χ0v) is 22.3. The second-order valence-corrected chi connectivity index (χ2v) is 9.64. The van der Waals surface area contributed by atoms with Crippen LogP contribution >= 0.6 is 0 Å². The maximum absolute atomic E-state index is 13.8. The van der Waals surface area contributed by atoms with E-state index >= 15 is 0 Å². The normalized spacial score (nSPS) is 13.9. The second-order valence-electron chi connectivity index (χ2n) is 9.64. The number of halogens is 1. The summed E-state index contributed by atoms with van der Waals surface area (Å²) in [5, 5.41) is 7.59. The minimum Gasteiger partial charge on any atom is -0.490 e. The van der Waals surface area contributed by atoms with Gasteiger partial charge in [-0.3, -0.25) is 9.59 Å². The molecule has 1 heterocycles. The highest BCUT2D eigenvalue weighted by Crippen LogP contribution is 2.32. The summed E-state index contributed by atoms with van der Waals surface area (Å²) in [6.45, 7) is 1.88. The van der Waals surface area contributed by atoms with E-state index in [1.54, 1.807) is 42.6 Å². The first-order chi connectivity index (χ1) is 19.5. The van der Waals surface area contributed by atoms with Crippen LogP contribution in [0.5, 0.6) is 11.5 Å². The van der Waals surface area contributed by atoms with Crippen molar-refractivity contribution < 1.29 is 18.7 Å². The van der Waals surface area contributed by atoms with E-state index in [0.717, 1.165) is 25.7 Å². The summed E-state index contributed by atoms with van der Waals surface area (Å²) < 4.78 is 26.7. The van der Waals surface area contributed by atoms with Crippen molar-refractivity contribution in [2.45, 2.75) is 44.9 Å². The molecule has 206 valence electrons. The number of hydrogen-bond donors (Lipinski definition) is 1. The van der Waals surface area contributed by atoms with Gasteiger partial charge in [-0.15, -0.1) is 0 Å². The maximum atomic E-state index is 13.8. The van der Waals surface area contributed by atoms with Gasteiger partial charge < -0.3 is 14.8 Å². The smallest absolute Gasteiger partial charge is 0.282 e. The summed E-state index contributed by atoms with van der Waals surface area (Å²) in [6, 6.07) is 18.4. The van der Waals surface area contributed by atoms with E-state index in [4.69, 9.17) is 14.5 Å². The quantitative estimate of drug-likeness (QED) is 0.267. The number of nitrogens with one attached hydrogen (secondary N) is 1. The van der Waals surface area contributed by atoms with Crippen molar-refractivity contribution in [1.82, 2.24) is 9.66 Å². The van der Waals surface area contributed by atoms with Gasteiger partial charge in [0.05, 0.1) is 29.4 Å². The van der Waals surface area contributed by atoms with Gasteiger partial charge in [0.15, 0.2) is 18.1 Å². The highest BCUT2D eigenvalue weighted by Gasteiger charge is 2.22. The molecule has 8 nitrogen and oxygen atoms in total. The lowest BCUT2D eigenvalue weighted by molar-refractivity contribution is -0.118. The molecule has 1 aliphatic carbocycles. The van der Waals surface area contributed by atoms with Crippen molar-refractivity contribution in [1.29, 1.82) is 0 Å². The van der Waals surface area contributed by atoms with Crippen molar-refractivity contribution in [2.24, 2.45) is 5.10 Å². The SMILES string of the molecule is CCOc1cc(C=Nn2c(C3CCCCC3)nc3ccccc3c2=O)ccc1OCC(=O)Nc1ccccc1F. The first-order valence-corrected chi connectivity index (χ1v) is 13.5. The summed E-state index contributed by atoms with van der Waals surface area (Å²) in [7, 11) is 0. The Morgan fingerprint density at radius 1 is 1.05 bits per heavy atom. The van der Waals surface area contributed by atoms with Crippen LogP contribution in [0.15, 0.2) is 76.6 Å². The molecule has 1 N–H and O–H groups in total. The topological polar surface area (TPSA) is 94.8 Å². The van der Waals surface area contributed by atoms with Crippen LogP contribution in [-0.4, -0.2) is 35.0 Å². The number of amides is 1. The molecular formula is C31H31FN4O4. The lowest BCUT2D eigenvalue weighted by atomic mass is 9.88. The number of carbonyl (C=O) groups excluding carboxylic acids is 1. The van der Waals surface area contributed by atoms with Gasteiger partial charge in [-0.2, -0.15) is 9.78 Å². The summed E-state index contributed by atoms with van der Waals surface area (Å²) in [5.74, 6) is 0.606. The molecule has 9 heteroatoms. The average molecular weight is 543 g/mol. The fraction of sp³-hybridized carbons (Fsp3) is 0.290. The Kier molecular flexibility index (Phi) is 8.49. The Morgan fingerprint density at radius 3 is 2.62 bits per heavy atom. The summed E-state index contributed by atoms with van der Waals surface area (Å²) in [4.78, 5) is 30.6. The van der Waals surface area contributed by atoms with Crippen molar-refractivity contribution in [2.75, 3.05) is 18.5 Å². The fourth-order valence-electron chi connectivity index (χ4n) is 4.89. The van der Waals surface area contributed by atoms with Crippen LogP contribution < -0.4 is 20.3 Å². The summed E-state index contributed by atoms with van der Waals surface area (Å²) >= 11 is 0. The average Bonchev–Trinajstić information content (AvgIpc) is 2.98. The van der Waals surface area contributed by atoms with Crippen molar-refractivity contribution in [3.05, 3.63) is 94.3 Å². The Bertz CT molecular complexity index is 1590. The van der Waals surface area contributed by atoms with Crippen LogP contribution in [0.3, 0.4) is 0 Å². The minimum absolute atomic E-state index is 0.0821. The number of aromatic nitrogens is 2. The molecule has 0 bridgehead atoms. The van der Waals surface area contributed by atoms with E-state index in [1.807, 2.05) is 25.1 Å². The molecule has 3 aromatic carbocycles. The largest absolute Gasteiger partial charge is 0.490 e. The van der Waals surface area contributed by atoms with Gasteiger partial charge in [0.25, 0.3) is 11.5 Å². The van der Waals surface area contributed by atoms with Gasteiger partial charge in [-0.25, -0.2) is 9.37 Å². The third kappa shape index (κ3) is 6.20. The molecule has 40 heavy (non-hydrogen) atoms. The first-order valence-electron chi connectivity index (χ1n) is 13.5. The van der Waals surface area contributed by atoms with Gasteiger partial charge in [0.2, 0.25) is 0 Å². The minimum atomic E-state index is -0.526. The van der Waals surface area contributed by atoms with Crippen molar-refractivity contribution >= 4 is 28.7 Å². The number of rotatable bonds is 9. The lowest BCUT2D eigenvalue weighted by Gasteiger charge is -2.22. The van der Waals surface area contributed by atoms with Gasteiger partial charge in [-0.05, 0) is 67.8 Å². The van der Waals surface area contributed by atoms with Gasteiger partial charge >= 0.3 is 0 Å².